The number of aryl methyl sites for hydroxylation is 1. The number of rotatable bonds is 6. The molecule has 18 heavy (non-hydrogen) atoms. The van der Waals surface area contributed by atoms with E-state index in [9.17, 15) is 4.79 Å². The predicted molar refractivity (Wildman–Crippen MR) is 75.3 cm³/mol. The Balaban J connectivity index is 2.46. The van der Waals surface area contributed by atoms with Gasteiger partial charge in [0.1, 0.15) is 0 Å². The lowest BCUT2D eigenvalue weighted by Crippen LogP contribution is -2.36. The van der Waals surface area contributed by atoms with Crippen molar-refractivity contribution in [3.63, 3.8) is 0 Å². The smallest absolute Gasteiger partial charge is 0.234 e. The molecule has 1 aromatic rings. The highest BCUT2D eigenvalue weighted by Crippen LogP contribution is 2.19. The minimum Gasteiger partial charge on any atom is -0.289 e. The fourth-order valence-corrected chi connectivity index (χ4v) is 1.81. The van der Waals surface area contributed by atoms with Crippen molar-refractivity contribution in [1.82, 2.24) is 10.4 Å². The van der Waals surface area contributed by atoms with Crippen molar-refractivity contribution in [2.75, 3.05) is 14.1 Å². The van der Waals surface area contributed by atoms with Gasteiger partial charge in [-0.25, -0.2) is 5.01 Å². The molecule has 0 saturated carbocycles. The predicted octanol–water partition coefficient (Wildman–Crippen LogP) is 2.73. The van der Waals surface area contributed by atoms with Crippen molar-refractivity contribution in [1.29, 1.82) is 0 Å². The molecular formula is C15H24N2O. The number of nitrogens with one attached hydrogen (secondary N) is 1. The van der Waals surface area contributed by atoms with Crippen LogP contribution in [0.2, 0.25) is 0 Å². The quantitative estimate of drug-likeness (QED) is 0.785. The molecule has 0 aliphatic heterocycles. The second-order valence-corrected chi connectivity index (χ2v) is 4.98. The van der Waals surface area contributed by atoms with E-state index in [1.165, 1.54) is 11.1 Å². The Morgan fingerprint density at radius 1 is 1.28 bits per heavy atom. The largest absolute Gasteiger partial charge is 0.289 e. The number of carbonyl (C=O) groups excluding carboxylic acids is 1. The molecule has 1 atom stereocenters. The Bertz CT molecular complexity index is 371. The van der Waals surface area contributed by atoms with Crippen molar-refractivity contribution in [2.45, 2.75) is 39.0 Å². The molecular weight excluding hydrogens is 224 g/mol. The standard InChI is InChI=1S/C15H24N2O/c1-5-12(2)14-9-6-13(7-10-14)8-11-15(18)16-17(3)4/h6-7,9-10,12H,5,8,11H2,1-4H3,(H,16,18). The summed E-state index contributed by atoms with van der Waals surface area (Å²) in [5, 5.41) is 1.67. The van der Waals surface area contributed by atoms with Crippen LogP contribution < -0.4 is 5.43 Å². The number of carbonyl (C=O) groups is 1. The fourth-order valence-electron chi connectivity index (χ4n) is 1.81. The summed E-state index contributed by atoms with van der Waals surface area (Å²) < 4.78 is 0. The molecule has 1 aromatic carbocycles. The Hall–Kier alpha value is -1.35. The van der Waals surface area contributed by atoms with Gasteiger partial charge in [-0.3, -0.25) is 10.2 Å². The van der Waals surface area contributed by atoms with Crippen molar-refractivity contribution in [3.05, 3.63) is 35.4 Å². The van der Waals surface area contributed by atoms with Crippen LogP contribution in [0, 0.1) is 0 Å². The Labute approximate surface area is 110 Å². The van der Waals surface area contributed by atoms with Gasteiger partial charge in [-0.15, -0.1) is 0 Å². The molecule has 1 amide bonds. The Morgan fingerprint density at radius 2 is 1.89 bits per heavy atom. The van der Waals surface area contributed by atoms with Gasteiger partial charge in [0.05, 0.1) is 0 Å². The van der Waals surface area contributed by atoms with E-state index >= 15 is 0 Å². The molecule has 3 nitrogen and oxygen atoms in total. The highest BCUT2D eigenvalue weighted by atomic mass is 16.2. The third-order valence-electron chi connectivity index (χ3n) is 3.15. The van der Waals surface area contributed by atoms with Gasteiger partial charge >= 0.3 is 0 Å². The normalized spacial score (nSPS) is 12.5. The summed E-state index contributed by atoms with van der Waals surface area (Å²) in [4.78, 5) is 11.5. The first-order valence-electron chi connectivity index (χ1n) is 6.58. The van der Waals surface area contributed by atoms with Crippen LogP contribution in [0.25, 0.3) is 0 Å². The molecule has 0 aliphatic carbocycles. The molecule has 0 saturated heterocycles. The summed E-state index contributed by atoms with van der Waals surface area (Å²) in [5.41, 5.74) is 5.34. The van der Waals surface area contributed by atoms with E-state index in [0.717, 1.165) is 12.8 Å². The number of amides is 1. The van der Waals surface area contributed by atoms with Gasteiger partial charge in [-0.1, -0.05) is 38.1 Å². The van der Waals surface area contributed by atoms with E-state index in [1.54, 1.807) is 5.01 Å². The van der Waals surface area contributed by atoms with E-state index in [2.05, 4.69) is 43.5 Å². The number of benzene rings is 1. The second-order valence-electron chi connectivity index (χ2n) is 4.98. The second kappa shape index (κ2) is 7.17. The van der Waals surface area contributed by atoms with Gasteiger partial charge in [-0.05, 0) is 29.9 Å². The monoisotopic (exact) mass is 248 g/mol. The molecule has 1 unspecified atom stereocenters. The molecule has 0 fully saturated rings. The van der Waals surface area contributed by atoms with Gasteiger partial charge in [0.25, 0.3) is 0 Å². The molecule has 1 rings (SSSR count). The number of hydrazine groups is 1. The summed E-state index contributed by atoms with van der Waals surface area (Å²) in [6, 6.07) is 8.61. The molecule has 0 aromatic heterocycles. The number of hydrogen-bond acceptors (Lipinski definition) is 2. The zero-order valence-corrected chi connectivity index (χ0v) is 11.9. The molecule has 0 spiro atoms. The maximum Gasteiger partial charge on any atom is 0.234 e. The average Bonchev–Trinajstić information content (AvgIpc) is 2.35. The summed E-state index contributed by atoms with van der Waals surface area (Å²) in [6.45, 7) is 4.43. The lowest BCUT2D eigenvalue weighted by Gasteiger charge is -2.12. The van der Waals surface area contributed by atoms with Gasteiger partial charge in [0.15, 0.2) is 0 Å². The minimum atomic E-state index is 0.0611. The van der Waals surface area contributed by atoms with Crippen molar-refractivity contribution >= 4 is 5.91 Å². The first kappa shape index (κ1) is 14.7. The van der Waals surface area contributed by atoms with Crippen LogP contribution in [0.5, 0.6) is 0 Å². The zero-order chi connectivity index (χ0) is 13.5. The third kappa shape index (κ3) is 4.88. The van der Waals surface area contributed by atoms with Gasteiger partial charge in [-0.2, -0.15) is 0 Å². The third-order valence-corrected chi connectivity index (χ3v) is 3.15. The molecule has 1 N–H and O–H groups in total. The molecule has 0 aliphatic rings. The van der Waals surface area contributed by atoms with E-state index in [-0.39, 0.29) is 5.91 Å². The minimum absolute atomic E-state index is 0.0611. The Kier molecular flexibility index (Phi) is 5.86. The number of hydrogen-bond donors (Lipinski definition) is 1. The van der Waals surface area contributed by atoms with E-state index in [4.69, 9.17) is 0 Å². The van der Waals surface area contributed by atoms with Gasteiger partial charge in [0, 0.05) is 20.5 Å². The van der Waals surface area contributed by atoms with Gasteiger partial charge in [0.2, 0.25) is 5.91 Å². The van der Waals surface area contributed by atoms with Crippen LogP contribution in [-0.2, 0) is 11.2 Å². The lowest BCUT2D eigenvalue weighted by atomic mass is 9.97. The summed E-state index contributed by atoms with van der Waals surface area (Å²) in [6.07, 6.45) is 2.48. The SMILES string of the molecule is CCC(C)c1ccc(CCC(=O)NN(C)C)cc1. The molecule has 3 heteroatoms. The topological polar surface area (TPSA) is 32.3 Å². The highest BCUT2D eigenvalue weighted by Gasteiger charge is 2.05. The summed E-state index contributed by atoms with van der Waals surface area (Å²) in [7, 11) is 3.64. The summed E-state index contributed by atoms with van der Waals surface area (Å²) in [5.74, 6) is 0.669. The van der Waals surface area contributed by atoms with Gasteiger partial charge < -0.3 is 0 Å². The highest BCUT2D eigenvalue weighted by molar-refractivity contribution is 5.75. The first-order chi connectivity index (χ1) is 8.52. The first-order valence-corrected chi connectivity index (χ1v) is 6.58. The number of nitrogens with zero attached hydrogens (tertiary/aromatic N) is 1. The fraction of sp³-hybridized carbons (Fsp3) is 0.533. The average molecular weight is 248 g/mol. The Morgan fingerprint density at radius 3 is 2.39 bits per heavy atom. The van der Waals surface area contributed by atoms with Crippen molar-refractivity contribution < 1.29 is 4.79 Å². The van der Waals surface area contributed by atoms with Crippen LogP contribution in [0.4, 0.5) is 0 Å². The maximum atomic E-state index is 11.5. The van der Waals surface area contributed by atoms with Crippen LogP contribution in [0.3, 0.4) is 0 Å². The van der Waals surface area contributed by atoms with Crippen LogP contribution >= 0.6 is 0 Å². The van der Waals surface area contributed by atoms with E-state index in [1.807, 2.05) is 14.1 Å². The van der Waals surface area contributed by atoms with Crippen LogP contribution in [-0.4, -0.2) is 25.0 Å². The molecule has 0 heterocycles. The molecule has 100 valence electrons. The van der Waals surface area contributed by atoms with Crippen molar-refractivity contribution in [3.8, 4) is 0 Å². The maximum absolute atomic E-state index is 11.5. The molecule has 0 bridgehead atoms. The summed E-state index contributed by atoms with van der Waals surface area (Å²) >= 11 is 0. The van der Waals surface area contributed by atoms with E-state index in [0.29, 0.717) is 12.3 Å². The van der Waals surface area contributed by atoms with E-state index < -0.39 is 0 Å². The zero-order valence-electron chi connectivity index (χ0n) is 11.9. The van der Waals surface area contributed by atoms with Crippen LogP contribution in [0.15, 0.2) is 24.3 Å². The lowest BCUT2D eigenvalue weighted by molar-refractivity contribution is -0.124. The van der Waals surface area contributed by atoms with Crippen molar-refractivity contribution in [2.24, 2.45) is 0 Å². The van der Waals surface area contributed by atoms with Crippen LogP contribution in [0.1, 0.15) is 43.7 Å². The molecule has 0 radical (unpaired) electrons.